The maximum Gasteiger partial charge on any atom is 0.254 e. The first-order valence-electron chi connectivity index (χ1n) is 11.7. The van der Waals surface area contributed by atoms with E-state index in [0.29, 0.717) is 68.3 Å². The highest BCUT2D eigenvalue weighted by Gasteiger charge is 2.48. The van der Waals surface area contributed by atoms with Gasteiger partial charge in [0.1, 0.15) is 0 Å². The Morgan fingerprint density at radius 1 is 0.844 bits per heavy atom. The first-order chi connectivity index (χ1) is 15.5. The van der Waals surface area contributed by atoms with Crippen LogP contribution in [-0.2, 0) is 9.59 Å². The Hall–Kier alpha value is -2.77. The van der Waals surface area contributed by atoms with Gasteiger partial charge in [0.25, 0.3) is 5.91 Å². The number of rotatable bonds is 8. The van der Waals surface area contributed by atoms with Gasteiger partial charge in [-0.15, -0.1) is 0 Å². The summed E-state index contributed by atoms with van der Waals surface area (Å²) < 4.78 is 17.3. The molecule has 0 radical (unpaired) electrons. The molecule has 3 amide bonds. The van der Waals surface area contributed by atoms with Crippen LogP contribution in [0.15, 0.2) is 12.1 Å². The molecule has 3 fully saturated rings. The van der Waals surface area contributed by atoms with Gasteiger partial charge in [0.05, 0.1) is 19.8 Å². The van der Waals surface area contributed by atoms with Crippen LogP contribution in [-0.4, -0.2) is 65.5 Å². The van der Waals surface area contributed by atoms with Gasteiger partial charge in [-0.2, -0.15) is 0 Å². The second-order valence-corrected chi connectivity index (χ2v) is 8.48. The molecule has 3 saturated heterocycles. The van der Waals surface area contributed by atoms with Crippen molar-refractivity contribution in [3.8, 4) is 17.2 Å². The zero-order chi connectivity index (χ0) is 22.8. The van der Waals surface area contributed by atoms with Crippen LogP contribution in [0.4, 0.5) is 0 Å². The van der Waals surface area contributed by atoms with Crippen molar-refractivity contribution in [2.24, 2.45) is 0 Å². The number of carbonyl (C=O) groups is 3. The number of amides is 3. The molecule has 0 aromatic heterocycles. The van der Waals surface area contributed by atoms with Gasteiger partial charge >= 0.3 is 0 Å². The summed E-state index contributed by atoms with van der Waals surface area (Å²) in [6.07, 6.45) is 3.67. The number of piperidine rings is 1. The Morgan fingerprint density at radius 2 is 1.34 bits per heavy atom. The minimum atomic E-state index is -0.0997. The van der Waals surface area contributed by atoms with E-state index in [9.17, 15) is 14.4 Å². The molecule has 3 heterocycles. The van der Waals surface area contributed by atoms with Crippen LogP contribution in [0.3, 0.4) is 0 Å². The molecule has 4 rings (SSSR count). The molecular weight excluding hydrogens is 412 g/mol. The minimum absolute atomic E-state index is 0.0186. The number of nitrogens with zero attached hydrogens (tertiary/aromatic N) is 2. The van der Waals surface area contributed by atoms with Crippen LogP contribution in [0.2, 0.25) is 0 Å². The van der Waals surface area contributed by atoms with E-state index in [1.54, 1.807) is 12.1 Å². The SMILES string of the molecule is CCOc1cc(C(=O)N2C3CCC2CC(N2C(=O)CCC2=O)C3)cc(OCC)c1OCC. The zero-order valence-electron chi connectivity index (χ0n) is 19.1. The average molecular weight is 445 g/mol. The minimum Gasteiger partial charge on any atom is -0.490 e. The van der Waals surface area contributed by atoms with E-state index < -0.39 is 0 Å². The first-order valence-corrected chi connectivity index (χ1v) is 11.7. The summed E-state index contributed by atoms with van der Waals surface area (Å²) in [4.78, 5) is 41.5. The Bertz CT molecular complexity index is 843. The number of hydrogen-bond donors (Lipinski definition) is 0. The normalized spacial score (nSPS) is 24.8. The summed E-state index contributed by atoms with van der Waals surface area (Å²) in [7, 11) is 0. The van der Waals surface area contributed by atoms with Crippen LogP contribution in [0.5, 0.6) is 17.2 Å². The number of ether oxygens (including phenoxy) is 3. The molecule has 3 aliphatic rings. The highest BCUT2D eigenvalue weighted by atomic mass is 16.5. The number of imide groups is 1. The van der Waals surface area contributed by atoms with E-state index in [4.69, 9.17) is 14.2 Å². The first kappa shape index (κ1) is 22.4. The van der Waals surface area contributed by atoms with Crippen molar-refractivity contribution in [2.75, 3.05) is 19.8 Å². The lowest BCUT2D eigenvalue weighted by Crippen LogP contribution is -2.53. The van der Waals surface area contributed by atoms with E-state index in [0.717, 1.165) is 12.8 Å². The van der Waals surface area contributed by atoms with E-state index in [1.165, 1.54) is 4.90 Å². The van der Waals surface area contributed by atoms with Gasteiger partial charge in [-0.25, -0.2) is 0 Å². The third-order valence-corrected chi connectivity index (χ3v) is 6.55. The molecule has 3 aliphatic heterocycles. The van der Waals surface area contributed by atoms with E-state index >= 15 is 0 Å². The number of benzene rings is 1. The molecule has 8 heteroatoms. The number of likely N-dealkylation sites (tertiary alicyclic amines) is 1. The molecule has 8 nitrogen and oxygen atoms in total. The second-order valence-electron chi connectivity index (χ2n) is 8.48. The Balaban J connectivity index is 1.59. The molecule has 2 atom stereocenters. The maximum absolute atomic E-state index is 13.6. The third-order valence-electron chi connectivity index (χ3n) is 6.55. The lowest BCUT2D eigenvalue weighted by molar-refractivity contribution is -0.142. The highest BCUT2D eigenvalue weighted by molar-refractivity contribution is 6.02. The van der Waals surface area contributed by atoms with Gasteiger partial charge in [-0.1, -0.05) is 0 Å². The Morgan fingerprint density at radius 3 is 1.81 bits per heavy atom. The molecule has 0 N–H and O–H groups in total. The third kappa shape index (κ3) is 4.02. The summed E-state index contributed by atoms with van der Waals surface area (Å²) in [5.74, 6) is 1.29. The van der Waals surface area contributed by atoms with E-state index in [2.05, 4.69) is 0 Å². The van der Waals surface area contributed by atoms with Gasteiger partial charge in [0, 0.05) is 36.5 Å². The predicted molar refractivity (Wildman–Crippen MR) is 117 cm³/mol. The topological polar surface area (TPSA) is 85.4 Å². The fourth-order valence-corrected chi connectivity index (χ4v) is 5.35. The van der Waals surface area contributed by atoms with Gasteiger partial charge in [0.15, 0.2) is 11.5 Å². The standard InChI is InChI=1S/C24H32N2O6/c1-4-30-19-11-15(12-20(31-5-2)23(19)32-6-3)24(29)25-16-7-8-17(25)14-18(13-16)26-21(27)9-10-22(26)28/h11-12,16-18H,4-10,13-14H2,1-3H3. The molecule has 0 aliphatic carbocycles. The predicted octanol–water partition coefficient (Wildman–Crippen LogP) is 3.17. The highest BCUT2D eigenvalue weighted by Crippen LogP contribution is 2.43. The molecule has 32 heavy (non-hydrogen) atoms. The molecule has 174 valence electrons. The Kier molecular flexibility index (Phi) is 6.58. The Labute approximate surface area is 188 Å². The fourth-order valence-electron chi connectivity index (χ4n) is 5.35. The smallest absolute Gasteiger partial charge is 0.254 e. The fraction of sp³-hybridized carbons (Fsp3) is 0.625. The van der Waals surface area contributed by atoms with Crippen molar-refractivity contribution in [3.05, 3.63) is 17.7 Å². The molecular formula is C24H32N2O6. The molecule has 0 saturated carbocycles. The summed E-state index contributed by atoms with van der Waals surface area (Å²) in [6, 6.07) is 3.41. The van der Waals surface area contributed by atoms with Gasteiger partial charge in [-0.05, 0) is 58.6 Å². The van der Waals surface area contributed by atoms with Crippen LogP contribution < -0.4 is 14.2 Å². The van der Waals surface area contributed by atoms with Crippen molar-refractivity contribution in [1.82, 2.24) is 9.80 Å². The second kappa shape index (κ2) is 9.38. The van der Waals surface area contributed by atoms with Crippen LogP contribution in [0.1, 0.15) is 69.7 Å². The molecule has 2 unspecified atom stereocenters. The quantitative estimate of drug-likeness (QED) is 0.573. The van der Waals surface area contributed by atoms with Gasteiger partial charge < -0.3 is 19.1 Å². The lowest BCUT2D eigenvalue weighted by Gasteiger charge is -2.41. The summed E-state index contributed by atoms with van der Waals surface area (Å²) in [5, 5.41) is 0. The summed E-state index contributed by atoms with van der Waals surface area (Å²) >= 11 is 0. The van der Waals surface area contributed by atoms with Gasteiger partial charge in [0.2, 0.25) is 17.6 Å². The largest absolute Gasteiger partial charge is 0.490 e. The van der Waals surface area contributed by atoms with Crippen molar-refractivity contribution in [3.63, 3.8) is 0 Å². The van der Waals surface area contributed by atoms with Crippen molar-refractivity contribution >= 4 is 17.7 Å². The molecule has 1 aromatic rings. The monoisotopic (exact) mass is 444 g/mol. The van der Waals surface area contributed by atoms with E-state index in [-0.39, 0.29) is 35.8 Å². The number of hydrogen-bond acceptors (Lipinski definition) is 6. The van der Waals surface area contributed by atoms with E-state index in [1.807, 2.05) is 25.7 Å². The van der Waals surface area contributed by atoms with Crippen LogP contribution in [0, 0.1) is 0 Å². The average Bonchev–Trinajstić information content (AvgIpc) is 3.24. The lowest BCUT2D eigenvalue weighted by atomic mass is 9.95. The van der Waals surface area contributed by atoms with Crippen molar-refractivity contribution < 1.29 is 28.6 Å². The number of carbonyl (C=O) groups excluding carboxylic acids is 3. The van der Waals surface area contributed by atoms with Crippen LogP contribution >= 0.6 is 0 Å². The summed E-state index contributed by atoms with van der Waals surface area (Å²) in [6.45, 7) is 7.00. The number of fused-ring (bicyclic) bond motifs is 2. The van der Waals surface area contributed by atoms with Crippen LogP contribution in [0.25, 0.3) is 0 Å². The van der Waals surface area contributed by atoms with Crippen molar-refractivity contribution in [2.45, 2.75) is 77.4 Å². The zero-order valence-corrected chi connectivity index (χ0v) is 19.1. The molecule has 2 bridgehead atoms. The maximum atomic E-state index is 13.6. The summed E-state index contributed by atoms with van der Waals surface area (Å²) in [5.41, 5.74) is 0.504. The molecule has 1 aromatic carbocycles. The van der Waals surface area contributed by atoms with Crippen molar-refractivity contribution in [1.29, 1.82) is 0 Å². The molecule has 0 spiro atoms. The van der Waals surface area contributed by atoms with Gasteiger partial charge in [-0.3, -0.25) is 19.3 Å².